The van der Waals surface area contributed by atoms with Crippen molar-refractivity contribution in [1.29, 1.82) is 0 Å². The zero-order valence-electron chi connectivity index (χ0n) is 54.4. The first-order valence-electron chi connectivity index (χ1n) is 33.7. The fourth-order valence-corrected chi connectivity index (χ4v) is 13.7. The van der Waals surface area contributed by atoms with Crippen LogP contribution in [0.4, 0.5) is 0 Å². The van der Waals surface area contributed by atoms with Crippen LogP contribution in [0.1, 0.15) is 0 Å². The quantitative estimate of drug-likeness (QED) is 0.133. The van der Waals surface area contributed by atoms with Crippen LogP contribution in [-0.4, -0.2) is 0 Å². The lowest BCUT2D eigenvalue weighted by atomic mass is 10.0. The molecule has 98 heavy (non-hydrogen) atoms. The van der Waals surface area contributed by atoms with E-state index in [9.17, 15) is 0 Å². The molecule has 0 unspecified atom stereocenters. The highest BCUT2D eigenvalue weighted by molar-refractivity contribution is 6.12. The lowest BCUT2D eigenvalue weighted by Gasteiger charge is -2.02. The molecule has 0 radical (unpaired) electrons. The molecule has 0 N–H and O–H groups in total. The van der Waals surface area contributed by atoms with Crippen molar-refractivity contribution in [1.82, 2.24) is 0 Å². The first-order valence-corrected chi connectivity index (χ1v) is 33.7. The van der Waals surface area contributed by atoms with Crippen molar-refractivity contribution >= 4 is 151 Å². The van der Waals surface area contributed by atoms with E-state index in [2.05, 4.69) is 425 Å². The first kappa shape index (κ1) is 61.4. The summed E-state index contributed by atoms with van der Waals surface area (Å²) in [7, 11) is 0. The summed E-state index contributed by atoms with van der Waals surface area (Å²) in [6.07, 6.45) is 0. The third-order valence-corrected chi connectivity index (χ3v) is 18.6. The SMILES string of the molecule is c1ccc2c(c1)ccc1ccccc12.c1ccc2c(c1)ccc1ccccc12.c1ccc2c(c1)ccc1ccccc12.c1ccc2c(c1)ccc1ccccc12.c1ccc2c(c1)ccc1ccccc12.c1ccc2c(c1)ccc1ccccc12.c1ccc2c(c1)ccc1ccccc12. The number of hydrogen-bond acceptors (Lipinski definition) is 0. The largest absolute Gasteiger partial charge is 0.0616 e. The van der Waals surface area contributed by atoms with Crippen LogP contribution in [0.5, 0.6) is 0 Å². The smallest absolute Gasteiger partial charge is 0.0105 e. The molecule has 0 aromatic heterocycles. The van der Waals surface area contributed by atoms with Crippen LogP contribution in [0.2, 0.25) is 0 Å². The molecule has 21 aromatic rings. The normalized spacial score (nSPS) is 10.9. The van der Waals surface area contributed by atoms with Gasteiger partial charge in [-0.3, -0.25) is 0 Å². The molecular weight excluding hydrogens is 1180 g/mol. The summed E-state index contributed by atoms with van der Waals surface area (Å²) in [4.78, 5) is 0. The highest BCUT2D eigenvalue weighted by Gasteiger charge is 2.04. The van der Waals surface area contributed by atoms with Crippen LogP contribution in [-0.2, 0) is 0 Å². The molecule has 0 heteroatoms. The standard InChI is InChI=1S/7C14H10/c7*1-3-7-13-11(5-1)9-10-12-6-2-4-8-14(12)13/h7*1-10H. The third-order valence-electron chi connectivity index (χ3n) is 18.6. The van der Waals surface area contributed by atoms with Crippen molar-refractivity contribution in [2.24, 2.45) is 0 Å². The van der Waals surface area contributed by atoms with Gasteiger partial charge in [0.25, 0.3) is 0 Å². The number of hydrogen-bond donors (Lipinski definition) is 0. The van der Waals surface area contributed by atoms with Gasteiger partial charge in [-0.15, -0.1) is 0 Å². The summed E-state index contributed by atoms with van der Waals surface area (Å²) in [5.41, 5.74) is 0. The Morgan fingerprint density at radius 2 is 0.122 bits per heavy atom. The molecule has 0 fully saturated rings. The van der Waals surface area contributed by atoms with Gasteiger partial charge in [-0.05, 0) is 151 Å². The summed E-state index contributed by atoms with van der Waals surface area (Å²) in [5, 5.41) is 37.1. The van der Waals surface area contributed by atoms with Gasteiger partial charge in [0.15, 0.2) is 0 Å². The molecule has 0 saturated carbocycles. The predicted octanol–water partition coefficient (Wildman–Crippen LogP) is 28.0. The number of rotatable bonds is 0. The van der Waals surface area contributed by atoms with Crippen LogP contribution < -0.4 is 0 Å². The lowest BCUT2D eigenvalue weighted by molar-refractivity contribution is 1.76. The van der Waals surface area contributed by atoms with Gasteiger partial charge in [-0.25, -0.2) is 0 Å². The van der Waals surface area contributed by atoms with Crippen LogP contribution in [0.3, 0.4) is 0 Å². The minimum Gasteiger partial charge on any atom is -0.0616 e. The number of fused-ring (bicyclic) bond motifs is 21. The molecule has 0 aliphatic carbocycles. The van der Waals surface area contributed by atoms with Gasteiger partial charge in [-0.1, -0.05) is 425 Å². The summed E-state index contributed by atoms with van der Waals surface area (Å²) in [6, 6.07) is 150. The van der Waals surface area contributed by atoms with Gasteiger partial charge >= 0.3 is 0 Å². The molecule has 0 nitrogen and oxygen atoms in total. The molecule has 0 aliphatic rings. The Morgan fingerprint density at radius 1 is 0.0612 bits per heavy atom. The second kappa shape index (κ2) is 29.3. The highest BCUT2D eigenvalue weighted by Crippen LogP contribution is 2.31. The Balaban J connectivity index is 0.0000000933. The molecule has 21 aromatic carbocycles. The summed E-state index contributed by atoms with van der Waals surface area (Å²) in [6.45, 7) is 0. The Kier molecular flexibility index (Phi) is 18.4. The van der Waals surface area contributed by atoms with Crippen LogP contribution in [0, 0.1) is 0 Å². The fraction of sp³-hybridized carbons (Fsp3) is 0. The van der Waals surface area contributed by atoms with Crippen molar-refractivity contribution in [3.05, 3.63) is 425 Å². The Hall–Kier alpha value is -12.7. The van der Waals surface area contributed by atoms with Gasteiger partial charge in [0, 0.05) is 0 Å². The highest BCUT2D eigenvalue weighted by atomic mass is 14.1. The molecule has 0 saturated heterocycles. The summed E-state index contributed by atoms with van der Waals surface area (Å²) < 4.78 is 0. The molecule has 0 spiro atoms. The van der Waals surface area contributed by atoms with Crippen LogP contribution in [0.25, 0.3) is 151 Å². The van der Waals surface area contributed by atoms with Crippen LogP contribution >= 0.6 is 0 Å². The van der Waals surface area contributed by atoms with E-state index in [-0.39, 0.29) is 0 Å². The maximum atomic E-state index is 2.18. The van der Waals surface area contributed by atoms with E-state index in [1.807, 2.05) is 0 Å². The van der Waals surface area contributed by atoms with Gasteiger partial charge in [0.2, 0.25) is 0 Å². The van der Waals surface area contributed by atoms with E-state index in [0.717, 1.165) is 0 Å². The first-order chi connectivity index (χ1) is 48.6. The maximum Gasteiger partial charge on any atom is -0.0105 e. The molecule has 462 valence electrons. The van der Waals surface area contributed by atoms with Crippen molar-refractivity contribution in [2.75, 3.05) is 0 Å². The average molecular weight is 1250 g/mol. The second-order valence-electron chi connectivity index (χ2n) is 24.6. The molecule has 0 bridgehead atoms. The molecule has 0 heterocycles. The van der Waals surface area contributed by atoms with Gasteiger partial charge < -0.3 is 0 Å². The summed E-state index contributed by atoms with van der Waals surface area (Å²) in [5.74, 6) is 0. The van der Waals surface area contributed by atoms with Crippen molar-refractivity contribution in [2.45, 2.75) is 0 Å². The van der Waals surface area contributed by atoms with Crippen molar-refractivity contribution < 1.29 is 0 Å². The third kappa shape index (κ3) is 13.5. The van der Waals surface area contributed by atoms with Crippen LogP contribution in [0.15, 0.2) is 425 Å². The molecule has 0 aliphatic heterocycles. The minimum absolute atomic E-state index is 1.31. The van der Waals surface area contributed by atoms with E-state index in [1.54, 1.807) is 0 Å². The van der Waals surface area contributed by atoms with Crippen molar-refractivity contribution in [3.63, 3.8) is 0 Å². The molecule has 21 rings (SSSR count). The predicted molar refractivity (Wildman–Crippen MR) is 430 cm³/mol. The van der Waals surface area contributed by atoms with Crippen molar-refractivity contribution in [3.8, 4) is 0 Å². The van der Waals surface area contributed by atoms with E-state index in [4.69, 9.17) is 0 Å². The number of benzene rings is 21. The average Bonchev–Trinajstić information content (AvgIpc) is 1.87. The monoisotopic (exact) mass is 1250 g/mol. The van der Waals surface area contributed by atoms with E-state index < -0.39 is 0 Å². The van der Waals surface area contributed by atoms with E-state index in [1.165, 1.54) is 151 Å². The molecule has 0 amide bonds. The molecular formula is C98H70. The second-order valence-corrected chi connectivity index (χ2v) is 24.6. The van der Waals surface area contributed by atoms with Gasteiger partial charge in [0.05, 0.1) is 0 Å². The Bertz CT molecular complexity index is 4860. The zero-order chi connectivity index (χ0) is 65.7. The fourth-order valence-electron chi connectivity index (χ4n) is 13.7. The Labute approximate surface area is 571 Å². The summed E-state index contributed by atoms with van der Waals surface area (Å²) >= 11 is 0. The van der Waals surface area contributed by atoms with E-state index in [0.29, 0.717) is 0 Å². The molecule has 0 atom stereocenters. The lowest BCUT2D eigenvalue weighted by Crippen LogP contribution is -1.75. The maximum absolute atomic E-state index is 2.18. The Morgan fingerprint density at radius 3 is 0.194 bits per heavy atom. The topological polar surface area (TPSA) is 0 Å². The van der Waals surface area contributed by atoms with Gasteiger partial charge in [-0.2, -0.15) is 0 Å². The zero-order valence-corrected chi connectivity index (χ0v) is 54.4. The van der Waals surface area contributed by atoms with Gasteiger partial charge in [0.1, 0.15) is 0 Å². The van der Waals surface area contributed by atoms with E-state index >= 15 is 0 Å². The minimum atomic E-state index is 1.31.